The zero-order chi connectivity index (χ0) is 15.2. The van der Waals surface area contributed by atoms with Crippen LogP contribution in [-0.2, 0) is 14.3 Å². The molecule has 0 aliphatic carbocycles. The third kappa shape index (κ3) is 3.15. The second kappa shape index (κ2) is 4.97. The SMILES string of the molecule is CCC[C@]1(C)C[C@@H](C(=O)O)N(C2(OC(C)(C)C)CO2)C1. The summed E-state index contributed by atoms with van der Waals surface area (Å²) < 4.78 is 11.6. The maximum Gasteiger partial charge on any atom is 0.321 e. The third-order valence-electron chi connectivity index (χ3n) is 4.05. The predicted octanol–water partition coefficient (Wildman–Crippen LogP) is 2.45. The first-order valence-corrected chi connectivity index (χ1v) is 7.45. The van der Waals surface area contributed by atoms with Gasteiger partial charge in [0.1, 0.15) is 12.6 Å². The van der Waals surface area contributed by atoms with Gasteiger partial charge in [-0.2, -0.15) is 0 Å². The van der Waals surface area contributed by atoms with Crippen molar-refractivity contribution in [2.45, 2.75) is 71.4 Å². The molecule has 5 heteroatoms. The number of hydrogen-bond acceptors (Lipinski definition) is 4. The molecule has 2 aliphatic heterocycles. The van der Waals surface area contributed by atoms with Gasteiger partial charge in [-0.1, -0.05) is 20.3 Å². The Morgan fingerprint density at radius 1 is 1.50 bits per heavy atom. The fourth-order valence-corrected chi connectivity index (χ4v) is 3.35. The Bertz CT molecular complexity index is 386. The molecule has 0 radical (unpaired) electrons. The van der Waals surface area contributed by atoms with Gasteiger partial charge >= 0.3 is 5.97 Å². The highest BCUT2D eigenvalue weighted by atomic mass is 16.8. The van der Waals surface area contributed by atoms with Gasteiger partial charge in [-0.05, 0) is 39.0 Å². The second-order valence-corrected chi connectivity index (χ2v) is 7.46. The molecule has 0 aromatic carbocycles. The quantitative estimate of drug-likeness (QED) is 0.786. The monoisotopic (exact) mass is 285 g/mol. The number of carboxylic acids is 1. The van der Waals surface area contributed by atoms with E-state index in [0.717, 1.165) is 12.8 Å². The van der Waals surface area contributed by atoms with Gasteiger partial charge in [0, 0.05) is 6.54 Å². The standard InChI is InChI=1S/C15H27NO4/c1-6-7-14(5)8-11(12(17)18)16(9-14)15(10-19-15)20-13(2,3)4/h11H,6-10H2,1-5H3,(H,17,18)/t11-,14+,15?/m0/s1. The molecule has 0 aromatic heterocycles. The summed E-state index contributed by atoms with van der Waals surface area (Å²) in [5.41, 5.74) is -0.332. The Morgan fingerprint density at radius 3 is 2.50 bits per heavy atom. The number of rotatable bonds is 5. The Kier molecular flexibility index (Phi) is 3.91. The minimum Gasteiger partial charge on any atom is -0.480 e. The highest BCUT2D eigenvalue weighted by Crippen LogP contribution is 2.47. The molecule has 3 atom stereocenters. The maximum atomic E-state index is 11.6. The minimum atomic E-state index is -0.827. The zero-order valence-electron chi connectivity index (χ0n) is 13.2. The first kappa shape index (κ1) is 15.7. The van der Waals surface area contributed by atoms with Crippen molar-refractivity contribution in [3.05, 3.63) is 0 Å². The molecule has 1 unspecified atom stereocenters. The van der Waals surface area contributed by atoms with E-state index in [9.17, 15) is 9.90 Å². The Balaban J connectivity index is 2.19. The molecule has 1 N–H and O–H groups in total. The molecule has 5 nitrogen and oxygen atoms in total. The predicted molar refractivity (Wildman–Crippen MR) is 75.3 cm³/mol. The van der Waals surface area contributed by atoms with E-state index in [1.165, 1.54) is 0 Å². The first-order valence-electron chi connectivity index (χ1n) is 7.45. The third-order valence-corrected chi connectivity index (χ3v) is 4.05. The van der Waals surface area contributed by atoms with Crippen LogP contribution >= 0.6 is 0 Å². The van der Waals surface area contributed by atoms with Crippen molar-refractivity contribution in [2.24, 2.45) is 5.41 Å². The van der Waals surface area contributed by atoms with Gasteiger partial charge in [0.25, 0.3) is 5.91 Å². The summed E-state index contributed by atoms with van der Waals surface area (Å²) in [6.45, 7) is 11.4. The van der Waals surface area contributed by atoms with E-state index in [2.05, 4.69) is 13.8 Å². The van der Waals surface area contributed by atoms with E-state index >= 15 is 0 Å². The lowest BCUT2D eigenvalue weighted by Gasteiger charge is -2.34. The van der Waals surface area contributed by atoms with Crippen LogP contribution in [-0.4, -0.2) is 46.7 Å². The average molecular weight is 285 g/mol. The summed E-state index contributed by atoms with van der Waals surface area (Å²) in [7, 11) is 0. The molecule has 116 valence electrons. The van der Waals surface area contributed by atoms with E-state index in [1.807, 2.05) is 25.7 Å². The van der Waals surface area contributed by atoms with Gasteiger partial charge < -0.3 is 14.6 Å². The molecule has 0 aromatic rings. The van der Waals surface area contributed by atoms with Crippen molar-refractivity contribution in [3.8, 4) is 0 Å². The van der Waals surface area contributed by atoms with Crippen LogP contribution in [0.5, 0.6) is 0 Å². The Morgan fingerprint density at radius 2 is 2.10 bits per heavy atom. The van der Waals surface area contributed by atoms with Crippen molar-refractivity contribution >= 4 is 5.97 Å². The van der Waals surface area contributed by atoms with Crippen molar-refractivity contribution < 1.29 is 19.4 Å². The van der Waals surface area contributed by atoms with E-state index in [-0.39, 0.29) is 11.0 Å². The van der Waals surface area contributed by atoms with Crippen molar-refractivity contribution in [3.63, 3.8) is 0 Å². The summed E-state index contributed by atoms with van der Waals surface area (Å²) in [6.07, 6.45) is 2.75. The number of carboxylic acid groups (broad SMARTS) is 1. The van der Waals surface area contributed by atoms with Crippen LogP contribution in [0.4, 0.5) is 0 Å². The maximum absolute atomic E-state index is 11.6. The van der Waals surface area contributed by atoms with E-state index < -0.39 is 17.9 Å². The summed E-state index contributed by atoms with van der Waals surface area (Å²) in [5, 5.41) is 9.52. The number of likely N-dealkylation sites (tertiary alicyclic amines) is 1. The Hall–Kier alpha value is -0.650. The zero-order valence-corrected chi connectivity index (χ0v) is 13.2. The van der Waals surface area contributed by atoms with Crippen LogP contribution in [0.3, 0.4) is 0 Å². The molecule has 0 spiro atoms. The van der Waals surface area contributed by atoms with Crippen LogP contribution in [0.25, 0.3) is 0 Å². The molecular weight excluding hydrogens is 258 g/mol. The van der Waals surface area contributed by atoms with Crippen molar-refractivity contribution in [1.29, 1.82) is 0 Å². The highest BCUT2D eigenvalue weighted by Gasteiger charge is 2.62. The smallest absolute Gasteiger partial charge is 0.321 e. The minimum absolute atomic E-state index is 0.0258. The number of carbonyl (C=O) groups is 1. The molecule has 2 saturated heterocycles. The normalized spacial score (nSPS) is 38.1. The molecule has 0 bridgehead atoms. The summed E-state index contributed by atoms with van der Waals surface area (Å²) in [4.78, 5) is 13.5. The van der Waals surface area contributed by atoms with Gasteiger partial charge in [-0.15, -0.1) is 0 Å². The molecular formula is C15H27NO4. The lowest BCUT2D eigenvalue weighted by atomic mass is 9.83. The highest BCUT2D eigenvalue weighted by molar-refractivity contribution is 5.74. The second-order valence-electron chi connectivity index (χ2n) is 7.46. The van der Waals surface area contributed by atoms with Crippen molar-refractivity contribution in [1.82, 2.24) is 4.90 Å². The Labute approximate surface area is 121 Å². The summed E-state index contributed by atoms with van der Waals surface area (Å²) in [6, 6.07) is -0.517. The molecule has 20 heavy (non-hydrogen) atoms. The number of hydrogen-bond donors (Lipinski definition) is 1. The molecule has 0 amide bonds. The number of nitrogens with zero attached hydrogens (tertiary/aromatic N) is 1. The number of aliphatic carboxylic acids is 1. The lowest BCUT2D eigenvalue weighted by Crippen LogP contribution is -2.50. The topological polar surface area (TPSA) is 62.3 Å². The molecule has 0 saturated carbocycles. The van der Waals surface area contributed by atoms with Crippen LogP contribution in [0.1, 0.15) is 53.9 Å². The summed E-state index contributed by atoms with van der Waals surface area (Å²) >= 11 is 0. The van der Waals surface area contributed by atoms with Gasteiger partial charge in [0.05, 0.1) is 5.60 Å². The lowest BCUT2D eigenvalue weighted by molar-refractivity contribution is -0.213. The average Bonchev–Trinajstić information content (AvgIpc) is 2.92. The molecule has 2 rings (SSSR count). The first-order chi connectivity index (χ1) is 9.11. The number of epoxide rings is 1. The van der Waals surface area contributed by atoms with Crippen LogP contribution in [0.15, 0.2) is 0 Å². The molecule has 2 aliphatic rings. The van der Waals surface area contributed by atoms with Gasteiger partial charge in [0.2, 0.25) is 0 Å². The van der Waals surface area contributed by atoms with Gasteiger partial charge in [-0.3, -0.25) is 4.79 Å². The van der Waals surface area contributed by atoms with E-state index in [4.69, 9.17) is 9.47 Å². The van der Waals surface area contributed by atoms with Gasteiger partial charge in [-0.25, -0.2) is 4.90 Å². The van der Waals surface area contributed by atoms with E-state index in [0.29, 0.717) is 19.6 Å². The number of ether oxygens (including phenoxy) is 2. The molecule has 2 heterocycles. The van der Waals surface area contributed by atoms with Gasteiger partial charge in [0.15, 0.2) is 0 Å². The fourth-order valence-electron chi connectivity index (χ4n) is 3.35. The fraction of sp³-hybridized carbons (Fsp3) is 0.933. The largest absolute Gasteiger partial charge is 0.480 e. The van der Waals surface area contributed by atoms with Crippen molar-refractivity contribution in [2.75, 3.05) is 13.2 Å². The van der Waals surface area contributed by atoms with E-state index in [1.54, 1.807) is 0 Å². The van der Waals surface area contributed by atoms with Crippen LogP contribution in [0, 0.1) is 5.41 Å². The summed E-state index contributed by atoms with van der Waals surface area (Å²) in [5.74, 6) is -1.61. The molecule has 2 fully saturated rings. The van der Waals surface area contributed by atoms with Crippen LogP contribution < -0.4 is 0 Å². The van der Waals surface area contributed by atoms with Crippen LogP contribution in [0.2, 0.25) is 0 Å².